The van der Waals surface area contributed by atoms with Gasteiger partial charge in [0.1, 0.15) is 18.1 Å². The monoisotopic (exact) mass is 364 g/mol. The van der Waals surface area contributed by atoms with Gasteiger partial charge in [-0.2, -0.15) is 0 Å². The highest BCUT2D eigenvalue weighted by Gasteiger charge is 2.19. The highest BCUT2D eigenvalue weighted by atomic mass is 35.5. The number of guanidine groups is 1. The lowest BCUT2D eigenvalue weighted by Crippen LogP contribution is -2.38. The minimum atomic E-state index is -0.0514. The molecule has 0 aliphatic rings. The quantitative estimate of drug-likeness (QED) is 0.467. The van der Waals surface area contributed by atoms with Crippen LogP contribution < -0.4 is 15.4 Å². The summed E-state index contributed by atoms with van der Waals surface area (Å²) in [4.78, 5) is 8.45. The number of halogens is 1. The smallest absolute Gasteiger partial charge is 0.213 e. The van der Waals surface area contributed by atoms with Crippen molar-refractivity contribution in [1.82, 2.24) is 15.6 Å². The number of hydrogen-bond donors (Lipinski definition) is 2. The first-order valence-electron chi connectivity index (χ1n) is 8.16. The molecule has 0 aliphatic carbocycles. The summed E-state index contributed by atoms with van der Waals surface area (Å²) in [5.41, 5.74) is -0.0514. The molecule has 2 aromatic rings. The standard InChI is InChI=1S/C18H25ClN4O2/c1-18(2,3)15-11-22-16(25-15)12-23-17(20-4)21-9-10-24-14-7-5-13(19)6-8-14/h5-8,11H,9-10,12H2,1-4H3,(H2,20,21,23). The number of aliphatic imine (C=N–C) groups is 1. The van der Waals surface area contributed by atoms with Crippen LogP contribution in [-0.4, -0.2) is 31.1 Å². The fourth-order valence-electron chi connectivity index (χ4n) is 1.99. The number of hydrogen-bond acceptors (Lipinski definition) is 4. The Morgan fingerprint density at radius 1 is 1.24 bits per heavy atom. The SMILES string of the molecule is CN=C(NCCOc1ccc(Cl)cc1)NCc1ncc(C(C)(C)C)o1. The van der Waals surface area contributed by atoms with Crippen LogP contribution in [0, 0.1) is 0 Å². The summed E-state index contributed by atoms with van der Waals surface area (Å²) in [5, 5.41) is 7.03. The maximum atomic E-state index is 5.84. The summed E-state index contributed by atoms with van der Waals surface area (Å²) < 4.78 is 11.4. The van der Waals surface area contributed by atoms with Gasteiger partial charge in [0.15, 0.2) is 5.96 Å². The van der Waals surface area contributed by atoms with Crippen molar-refractivity contribution in [3.05, 3.63) is 47.1 Å². The number of aromatic nitrogens is 1. The predicted octanol–water partition coefficient (Wildman–Crippen LogP) is 3.37. The summed E-state index contributed by atoms with van der Waals surface area (Å²) >= 11 is 5.84. The molecule has 25 heavy (non-hydrogen) atoms. The summed E-state index contributed by atoms with van der Waals surface area (Å²) in [6, 6.07) is 7.27. The largest absolute Gasteiger partial charge is 0.492 e. The Labute approximate surface area is 153 Å². The Morgan fingerprint density at radius 3 is 2.56 bits per heavy atom. The summed E-state index contributed by atoms with van der Waals surface area (Å²) in [7, 11) is 1.71. The van der Waals surface area contributed by atoms with Gasteiger partial charge in [0, 0.05) is 17.5 Å². The Hall–Kier alpha value is -2.21. The number of ether oxygens (including phenoxy) is 1. The molecule has 0 bridgehead atoms. The zero-order valence-electron chi connectivity index (χ0n) is 15.1. The highest BCUT2D eigenvalue weighted by molar-refractivity contribution is 6.30. The van der Waals surface area contributed by atoms with Crippen LogP contribution in [0.5, 0.6) is 5.75 Å². The number of benzene rings is 1. The van der Waals surface area contributed by atoms with Crippen LogP contribution in [0.4, 0.5) is 0 Å². The van der Waals surface area contributed by atoms with Gasteiger partial charge in [0.25, 0.3) is 0 Å². The predicted molar refractivity (Wildman–Crippen MR) is 100 cm³/mol. The molecule has 0 amide bonds. The molecule has 0 aliphatic heterocycles. The molecule has 1 aromatic carbocycles. The Balaban J connectivity index is 1.72. The van der Waals surface area contributed by atoms with E-state index in [2.05, 4.69) is 41.4 Å². The first-order valence-corrected chi connectivity index (χ1v) is 8.54. The summed E-state index contributed by atoms with van der Waals surface area (Å²) in [6.07, 6.45) is 1.77. The van der Waals surface area contributed by atoms with E-state index in [1.54, 1.807) is 25.4 Å². The van der Waals surface area contributed by atoms with Gasteiger partial charge < -0.3 is 19.8 Å². The van der Waals surface area contributed by atoms with Crippen LogP contribution in [0.25, 0.3) is 0 Å². The molecule has 0 saturated heterocycles. The third kappa shape index (κ3) is 6.31. The van der Waals surface area contributed by atoms with E-state index < -0.39 is 0 Å². The average molecular weight is 365 g/mol. The molecule has 1 heterocycles. The molecule has 136 valence electrons. The Bertz CT molecular complexity index is 690. The highest BCUT2D eigenvalue weighted by Crippen LogP contribution is 2.22. The molecular weight excluding hydrogens is 340 g/mol. The van der Waals surface area contributed by atoms with Crippen LogP contribution in [0.2, 0.25) is 5.02 Å². The van der Waals surface area contributed by atoms with E-state index in [4.69, 9.17) is 20.8 Å². The molecule has 0 atom stereocenters. The number of oxazole rings is 1. The van der Waals surface area contributed by atoms with Gasteiger partial charge in [-0.05, 0) is 24.3 Å². The molecular formula is C18H25ClN4O2. The van der Waals surface area contributed by atoms with Crippen LogP contribution in [-0.2, 0) is 12.0 Å². The average Bonchev–Trinajstić information content (AvgIpc) is 3.05. The van der Waals surface area contributed by atoms with Gasteiger partial charge in [-0.3, -0.25) is 4.99 Å². The van der Waals surface area contributed by atoms with E-state index in [1.807, 2.05) is 12.1 Å². The minimum Gasteiger partial charge on any atom is -0.492 e. The summed E-state index contributed by atoms with van der Waals surface area (Å²) in [5.74, 6) is 2.94. The zero-order chi connectivity index (χ0) is 18.3. The maximum absolute atomic E-state index is 5.84. The van der Waals surface area contributed by atoms with Crippen molar-refractivity contribution in [3.8, 4) is 5.75 Å². The van der Waals surface area contributed by atoms with E-state index in [0.717, 1.165) is 11.5 Å². The van der Waals surface area contributed by atoms with E-state index in [0.29, 0.717) is 36.6 Å². The normalized spacial score (nSPS) is 12.1. The van der Waals surface area contributed by atoms with Crippen molar-refractivity contribution < 1.29 is 9.15 Å². The fraction of sp³-hybridized carbons (Fsp3) is 0.444. The van der Waals surface area contributed by atoms with Gasteiger partial charge in [-0.1, -0.05) is 32.4 Å². The van der Waals surface area contributed by atoms with Crippen LogP contribution in [0.15, 0.2) is 39.9 Å². The van der Waals surface area contributed by atoms with E-state index >= 15 is 0 Å². The molecule has 6 nitrogen and oxygen atoms in total. The maximum Gasteiger partial charge on any atom is 0.213 e. The first-order chi connectivity index (χ1) is 11.9. The third-order valence-electron chi connectivity index (χ3n) is 3.40. The molecule has 0 unspecified atom stereocenters. The lowest BCUT2D eigenvalue weighted by molar-refractivity contribution is 0.321. The third-order valence-corrected chi connectivity index (χ3v) is 3.65. The van der Waals surface area contributed by atoms with E-state index in [1.165, 1.54) is 0 Å². The second kappa shape index (κ2) is 8.76. The lowest BCUT2D eigenvalue weighted by Gasteiger charge is -2.13. The number of nitrogens with one attached hydrogen (secondary N) is 2. The Kier molecular flexibility index (Phi) is 6.70. The fourth-order valence-corrected chi connectivity index (χ4v) is 2.11. The topological polar surface area (TPSA) is 71.7 Å². The lowest BCUT2D eigenvalue weighted by atomic mass is 9.94. The second-order valence-electron chi connectivity index (χ2n) is 6.52. The van der Waals surface area contributed by atoms with Crippen molar-refractivity contribution in [2.24, 2.45) is 4.99 Å². The number of nitrogens with zero attached hydrogens (tertiary/aromatic N) is 2. The van der Waals surface area contributed by atoms with Crippen LogP contribution in [0.3, 0.4) is 0 Å². The summed E-state index contributed by atoms with van der Waals surface area (Å²) in [6.45, 7) is 7.86. The van der Waals surface area contributed by atoms with Crippen molar-refractivity contribution in [1.29, 1.82) is 0 Å². The molecule has 0 fully saturated rings. The van der Waals surface area contributed by atoms with E-state index in [-0.39, 0.29) is 5.41 Å². The van der Waals surface area contributed by atoms with Crippen molar-refractivity contribution in [2.45, 2.75) is 32.7 Å². The molecule has 2 N–H and O–H groups in total. The van der Waals surface area contributed by atoms with E-state index in [9.17, 15) is 0 Å². The molecule has 2 rings (SSSR count). The van der Waals surface area contributed by atoms with Crippen LogP contribution >= 0.6 is 11.6 Å². The van der Waals surface area contributed by atoms with Gasteiger partial charge in [0.05, 0.1) is 19.3 Å². The van der Waals surface area contributed by atoms with Gasteiger partial charge in [-0.15, -0.1) is 0 Å². The van der Waals surface area contributed by atoms with Gasteiger partial charge in [0.2, 0.25) is 5.89 Å². The molecule has 0 spiro atoms. The number of rotatable bonds is 6. The second-order valence-corrected chi connectivity index (χ2v) is 6.96. The van der Waals surface area contributed by atoms with Crippen LogP contribution in [0.1, 0.15) is 32.4 Å². The molecule has 7 heteroatoms. The van der Waals surface area contributed by atoms with Gasteiger partial charge >= 0.3 is 0 Å². The van der Waals surface area contributed by atoms with Crippen molar-refractivity contribution in [2.75, 3.05) is 20.2 Å². The van der Waals surface area contributed by atoms with Crippen molar-refractivity contribution in [3.63, 3.8) is 0 Å². The van der Waals surface area contributed by atoms with Gasteiger partial charge in [-0.25, -0.2) is 4.98 Å². The Morgan fingerprint density at radius 2 is 1.96 bits per heavy atom. The molecule has 1 aromatic heterocycles. The molecule has 0 radical (unpaired) electrons. The zero-order valence-corrected chi connectivity index (χ0v) is 15.9. The molecule has 0 saturated carbocycles. The first kappa shape index (κ1) is 19.1. The minimum absolute atomic E-state index is 0.0514. The van der Waals surface area contributed by atoms with Crippen molar-refractivity contribution >= 4 is 17.6 Å².